The molecular weight excluding hydrogens is 278 g/mol. The SMILES string of the molecule is Oc1ccccc1SCc1cc(-c2cccs2)on1. The quantitative estimate of drug-likeness (QED) is 0.723. The number of benzene rings is 1. The van der Waals surface area contributed by atoms with Crippen LogP contribution in [-0.2, 0) is 5.75 Å². The summed E-state index contributed by atoms with van der Waals surface area (Å²) >= 11 is 3.17. The first-order valence-electron chi connectivity index (χ1n) is 5.73. The van der Waals surface area contributed by atoms with Gasteiger partial charge in [-0.1, -0.05) is 23.4 Å². The molecule has 96 valence electrons. The molecule has 2 heterocycles. The van der Waals surface area contributed by atoms with Crippen molar-refractivity contribution in [3.63, 3.8) is 0 Å². The summed E-state index contributed by atoms with van der Waals surface area (Å²) in [5, 5.41) is 15.7. The van der Waals surface area contributed by atoms with Gasteiger partial charge in [0, 0.05) is 16.7 Å². The minimum atomic E-state index is 0.300. The molecule has 0 unspecified atom stereocenters. The van der Waals surface area contributed by atoms with E-state index in [0.717, 1.165) is 21.2 Å². The zero-order chi connectivity index (χ0) is 13.1. The van der Waals surface area contributed by atoms with Gasteiger partial charge in [-0.3, -0.25) is 0 Å². The monoisotopic (exact) mass is 289 g/mol. The van der Waals surface area contributed by atoms with Gasteiger partial charge in [-0.05, 0) is 23.6 Å². The van der Waals surface area contributed by atoms with Gasteiger partial charge in [-0.2, -0.15) is 0 Å². The van der Waals surface area contributed by atoms with Gasteiger partial charge >= 0.3 is 0 Å². The number of phenols is 1. The number of thiophene rings is 1. The maximum absolute atomic E-state index is 9.68. The normalized spacial score (nSPS) is 10.7. The van der Waals surface area contributed by atoms with Crippen LogP contribution >= 0.6 is 23.1 Å². The molecule has 0 amide bonds. The Balaban J connectivity index is 1.70. The number of rotatable bonds is 4. The molecule has 3 aromatic rings. The summed E-state index contributed by atoms with van der Waals surface area (Å²) in [5.41, 5.74) is 0.872. The van der Waals surface area contributed by atoms with E-state index < -0.39 is 0 Å². The van der Waals surface area contributed by atoms with E-state index in [4.69, 9.17) is 4.52 Å². The molecule has 0 fully saturated rings. The number of para-hydroxylation sites is 1. The van der Waals surface area contributed by atoms with Crippen LogP contribution in [0.1, 0.15) is 5.69 Å². The van der Waals surface area contributed by atoms with Crippen molar-refractivity contribution in [1.82, 2.24) is 5.16 Å². The van der Waals surface area contributed by atoms with Gasteiger partial charge in [0.2, 0.25) is 0 Å². The van der Waals surface area contributed by atoms with Crippen LogP contribution in [0.3, 0.4) is 0 Å². The van der Waals surface area contributed by atoms with Crippen LogP contribution < -0.4 is 0 Å². The molecule has 3 nitrogen and oxygen atoms in total. The van der Waals surface area contributed by atoms with Gasteiger partial charge in [0.25, 0.3) is 0 Å². The molecule has 0 aliphatic rings. The lowest BCUT2D eigenvalue weighted by molar-refractivity contribution is 0.427. The summed E-state index contributed by atoms with van der Waals surface area (Å²) in [5.74, 6) is 1.77. The Morgan fingerprint density at radius 2 is 2.11 bits per heavy atom. The second-order valence-electron chi connectivity index (χ2n) is 3.92. The standard InChI is InChI=1S/C14H11NO2S2/c16-11-4-1-2-5-13(11)19-9-10-8-12(17-15-10)14-6-3-7-18-14/h1-8,16H,9H2. The van der Waals surface area contributed by atoms with Crippen molar-refractivity contribution >= 4 is 23.1 Å². The Morgan fingerprint density at radius 1 is 1.21 bits per heavy atom. The molecule has 0 aliphatic carbocycles. The summed E-state index contributed by atoms with van der Waals surface area (Å²) in [4.78, 5) is 1.93. The molecule has 0 spiro atoms. The topological polar surface area (TPSA) is 46.3 Å². The molecule has 2 aromatic heterocycles. The summed E-state index contributed by atoms with van der Waals surface area (Å²) in [6, 6.07) is 13.2. The highest BCUT2D eigenvalue weighted by molar-refractivity contribution is 7.98. The van der Waals surface area contributed by atoms with Crippen molar-refractivity contribution in [1.29, 1.82) is 0 Å². The highest BCUT2D eigenvalue weighted by Crippen LogP contribution is 2.31. The number of phenolic OH excluding ortho intramolecular Hbond substituents is 1. The molecule has 19 heavy (non-hydrogen) atoms. The first kappa shape index (κ1) is 12.3. The largest absolute Gasteiger partial charge is 0.507 e. The molecule has 0 atom stereocenters. The fourth-order valence-corrected chi connectivity index (χ4v) is 3.15. The second kappa shape index (κ2) is 5.50. The average Bonchev–Trinajstić information content (AvgIpc) is 3.09. The predicted octanol–water partition coefficient (Wildman–Crippen LogP) is 4.40. The van der Waals surface area contributed by atoms with Crippen LogP contribution in [0, 0.1) is 0 Å². The van der Waals surface area contributed by atoms with Gasteiger partial charge in [0.05, 0.1) is 10.6 Å². The number of hydrogen-bond acceptors (Lipinski definition) is 5. The minimum absolute atomic E-state index is 0.300. The van der Waals surface area contributed by atoms with Crippen LogP contribution in [0.15, 0.2) is 57.3 Å². The molecule has 5 heteroatoms. The Kier molecular flexibility index (Phi) is 3.57. The van der Waals surface area contributed by atoms with E-state index >= 15 is 0 Å². The smallest absolute Gasteiger partial charge is 0.177 e. The average molecular weight is 289 g/mol. The highest BCUT2D eigenvalue weighted by Gasteiger charge is 2.08. The lowest BCUT2D eigenvalue weighted by Gasteiger charge is -2.01. The molecule has 0 bridgehead atoms. The summed E-state index contributed by atoms with van der Waals surface area (Å²) in [7, 11) is 0. The number of aromatic hydroxyl groups is 1. The molecule has 0 saturated heterocycles. The van der Waals surface area contributed by atoms with Gasteiger partial charge in [-0.15, -0.1) is 23.1 Å². The van der Waals surface area contributed by atoms with E-state index in [1.54, 1.807) is 29.2 Å². The summed E-state index contributed by atoms with van der Waals surface area (Å²) < 4.78 is 5.31. The van der Waals surface area contributed by atoms with E-state index in [9.17, 15) is 5.11 Å². The van der Waals surface area contributed by atoms with Crippen molar-refractivity contribution in [2.24, 2.45) is 0 Å². The number of hydrogen-bond donors (Lipinski definition) is 1. The Morgan fingerprint density at radius 3 is 2.89 bits per heavy atom. The fourth-order valence-electron chi connectivity index (χ4n) is 1.65. The molecule has 3 rings (SSSR count). The molecule has 0 radical (unpaired) electrons. The van der Waals surface area contributed by atoms with Crippen molar-refractivity contribution in [3.05, 3.63) is 53.5 Å². The summed E-state index contributed by atoms with van der Waals surface area (Å²) in [6.45, 7) is 0. The number of nitrogens with zero attached hydrogens (tertiary/aromatic N) is 1. The van der Waals surface area contributed by atoms with Crippen molar-refractivity contribution in [3.8, 4) is 16.4 Å². The van der Waals surface area contributed by atoms with Gasteiger partial charge in [0.1, 0.15) is 5.75 Å². The van der Waals surface area contributed by atoms with Gasteiger partial charge in [0.15, 0.2) is 5.76 Å². The fraction of sp³-hybridized carbons (Fsp3) is 0.0714. The predicted molar refractivity (Wildman–Crippen MR) is 77.5 cm³/mol. The zero-order valence-electron chi connectivity index (χ0n) is 9.95. The Labute approximate surface area is 118 Å². The van der Waals surface area contributed by atoms with Gasteiger partial charge < -0.3 is 9.63 Å². The number of aromatic nitrogens is 1. The molecule has 1 N–H and O–H groups in total. The lowest BCUT2D eigenvalue weighted by Crippen LogP contribution is -1.79. The molecule has 0 saturated carbocycles. The minimum Gasteiger partial charge on any atom is -0.507 e. The third-order valence-corrected chi connectivity index (χ3v) is 4.54. The third-order valence-electron chi connectivity index (χ3n) is 2.56. The van der Waals surface area contributed by atoms with E-state index in [0.29, 0.717) is 11.5 Å². The zero-order valence-corrected chi connectivity index (χ0v) is 11.6. The first-order chi connectivity index (χ1) is 9.33. The highest BCUT2D eigenvalue weighted by atomic mass is 32.2. The van der Waals surface area contributed by atoms with Crippen molar-refractivity contribution in [2.45, 2.75) is 10.6 Å². The van der Waals surface area contributed by atoms with Crippen LogP contribution in [-0.4, -0.2) is 10.3 Å². The summed E-state index contributed by atoms with van der Waals surface area (Å²) in [6.07, 6.45) is 0. The van der Waals surface area contributed by atoms with Crippen molar-refractivity contribution in [2.75, 3.05) is 0 Å². The Hall–Kier alpha value is -1.72. The third kappa shape index (κ3) is 2.83. The second-order valence-corrected chi connectivity index (χ2v) is 5.88. The molecule has 1 aromatic carbocycles. The van der Waals surface area contributed by atoms with Crippen LogP contribution in [0.5, 0.6) is 5.75 Å². The van der Waals surface area contributed by atoms with Gasteiger partial charge in [-0.25, -0.2) is 0 Å². The van der Waals surface area contributed by atoms with E-state index in [1.807, 2.05) is 41.8 Å². The van der Waals surface area contributed by atoms with E-state index in [2.05, 4.69) is 5.16 Å². The molecule has 0 aliphatic heterocycles. The molecular formula is C14H11NO2S2. The first-order valence-corrected chi connectivity index (χ1v) is 7.60. The van der Waals surface area contributed by atoms with E-state index in [1.165, 1.54) is 0 Å². The Bertz CT molecular complexity index is 662. The van der Waals surface area contributed by atoms with Crippen LogP contribution in [0.2, 0.25) is 0 Å². The van der Waals surface area contributed by atoms with E-state index in [-0.39, 0.29) is 0 Å². The maximum atomic E-state index is 9.68. The lowest BCUT2D eigenvalue weighted by atomic mass is 10.3. The van der Waals surface area contributed by atoms with Crippen molar-refractivity contribution < 1.29 is 9.63 Å². The number of thioether (sulfide) groups is 1. The van der Waals surface area contributed by atoms with Crippen LogP contribution in [0.25, 0.3) is 10.6 Å². The maximum Gasteiger partial charge on any atom is 0.177 e. The van der Waals surface area contributed by atoms with Crippen LogP contribution in [0.4, 0.5) is 0 Å².